The fourth-order valence-electron chi connectivity index (χ4n) is 2.09. The van der Waals surface area contributed by atoms with Crippen LogP contribution in [0.2, 0.25) is 5.02 Å². The van der Waals surface area contributed by atoms with Gasteiger partial charge in [0.2, 0.25) is 0 Å². The maximum atomic E-state index is 12.2. The van der Waals surface area contributed by atoms with Crippen molar-refractivity contribution < 1.29 is 4.79 Å². The number of amides is 1. The first-order valence-electron chi connectivity index (χ1n) is 5.41. The number of hydrogen-bond acceptors (Lipinski definition) is 1. The second-order valence-corrected chi connectivity index (χ2v) is 4.46. The number of benzene rings is 2. The standard InChI is InChI=1S/C14H10ClNO/c15-11-7-6-10-9-16(14(17)13(10)8-11)12-4-2-1-3-5-12/h1-8H,9H2. The van der Waals surface area contributed by atoms with Gasteiger partial charge in [0.05, 0.1) is 6.54 Å². The number of nitrogens with zero attached hydrogens (tertiary/aromatic N) is 1. The molecule has 1 aliphatic heterocycles. The Balaban J connectivity index is 2.02. The van der Waals surface area contributed by atoms with Gasteiger partial charge in [-0.3, -0.25) is 4.79 Å². The minimum Gasteiger partial charge on any atom is -0.304 e. The summed E-state index contributed by atoms with van der Waals surface area (Å²) in [5.41, 5.74) is 2.66. The van der Waals surface area contributed by atoms with Gasteiger partial charge in [0.25, 0.3) is 5.91 Å². The molecule has 0 unspecified atom stereocenters. The van der Waals surface area contributed by atoms with Crippen LogP contribution in [0, 0.1) is 0 Å². The highest BCUT2D eigenvalue weighted by atomic mass is 35.5. The van der Waals surface area contributed by atoms with Gasteiger partial charge >= 0.3 is 0 Å². The molecule has 0 atom stereocenters. The maximum absolute atomic E-state index is 12.2. The van der Waals surface area contributed by atoms with Crippen molar-refractivity contribution in [1.82, 2.24) is 0 Å². The van der Waals surface area contributed by atoms with Crippen LogP contribution in [0.4, 0.5) is 5.69 Å². The van der Waals surface area contributed by atoms with E-state index in [0.29, 0.717) is 17.1 Å². The number of hydrogen-bond donors (Lipinski definition) is 0. The third kappa shape index (κ3) is 1.71. The van der Waals surface area contributed by atoms with Crippen LogP contribution in [0.1, 0.15) is 15.9 Å². The highest BCUT2D eigenvalue weighted by Crippen LogP contribution is 2.29. The van der Waals surface area contributed by atoms with Crippen LogP contribution in [-0.4, -0.2) is 5.91 Å². The van der Waals surface area contributed by atoms with Crippen LogP contribution in [0.3, 0.4) is 0 Å². The minimum atomic E-state index is 0.0219. The molecule has 0 aromatic heterocycles. The van der Waals surface area contributed by atoms with E-state index in [-0.39, 0.29) is 5.91 Å². The zero-order valence-electron chi connectivity index (χ0n) is 9.06. The summed E-state index contributed by atoms with van der Waals surface area (Å²) in [6.07, 6.45) is 0. The summed E-state index contributed by atoms with van der Waals surface area (Å²) in [5, 5.41) is 0.604. The lowest BCUT2D eigenvalue weighted by molar-refractivity contribution is 0.0996. The van der Waals surface area contributed by atoms with Crippen molar-refractivity contribution in [3.8, 4) is 0 Å². The molecule has 0 saturated carbocycles. The topological polar surface area (TPSA) is 20.3 Å². The molecule has 17 heavy (non-hydrogen) atoms. The lowest BCUT2D eigenvalue weighted by Crippen LogP contribution is -2.22. The van der Waals surface area contributed by atoms with Gasteiger partial charge in [0, 0.05) is 16.3 Å². The van der Waals surface area contributed by atoms with Gasteiger partial charge < -0.3 is 4.90 Å². The van der Waals surface area contributed by atoms with Crippen molar-refractivity contribution >= 4 is 23.2 Å². The average Bonchev–Trinajstić information content (AvgIpc) is 2.68. The van der Waals surface area contributed by atoms with Crippen LogP contribution >= 0.6 is 11.6 Å². The molecule has 84 valence electrons. The summed E-state index contributed by atoms with van der Waals surface area (Å²) < 4.78 is 0. The first kappa shape index (κ1) is 10.4. The second kappa shape index (κ2) is 3.90. The van der Waals surface area contributed by atoms with Gasteiger partial charge in [0.1, 0.15) is 0 Å². The van der Waals surface area contributed by atoms with E-state index in [2.05, 4.69) is 0 Å². The lowest BCUT2D eigenvalue weighted by atomic mass is 10.1. The number of fused-ring (bicyclic) bond motifs is 1. The Morgan fingerprint density at radius 2 is 1.82 bits per heavy atom. The smallest absolute Gasteiger partial charge is 0.258 e. The highest BCUT2D eigenvalue weighted by Gasteiger charge is 2.28. The second-order valence-electron chi connectivity index (χ2n) is 4.03. The lowest BCUT2D eigenvalue weighted by Gasteiger charge is -2.15. The third-order valence-electron chi connectivity index (χ3n) is 2.94. The highest BCUT2D eigenvalue weighted by molar-refractivity contribution is 6.31. The Labute approximate surface area is 104 Å². The predicted octanol–water partition coefficient (Wildman–Crippen LogP) is 3.50. The molecule has 1 heterocycles. The van der Waals surface area contributed by atoms with E-state index in [4.69, 9.17) is 11.6 Å². The van der Waals surface area contributed by atoms with Gasteiger partial charge in [-0.05, 0) is 29.8 Å². The number of carbonyl (C=O) groups is 1. The zero-order valence-corrected chi connectivity index (χ0v) is 9.82. The number of halogens is 1. The Hall–Kier alpha value is -1.80. The average molecular weight is 244 g/mol. The summed E-state index contributed by atoms with van der Waals surface area (Å²) in [4.78, 5) is 14.0. The van der Waals surface area contributed by atoms with Crippen molar-refractivity contribution in [1.29, 1.82) is 0 Å². The predicted molar refractivity (Wildman–Crippen MR) is 68.4 cm³/mol. The number of rotatable bonds is 1. The molecule has 2 aromatic rings. The molecule has 0 saturated heterocycles. The van der Waals surface area contributed by atoms with Gasteiger partial charge in [-0.1, -0.05) is 35.9 Å². The van der Waals surface area contributed by atoms with E-state index < -0.39 is 0 Å². The van der Waals surface area contributed by atoms with Crippen molar-refractivity contribution in [2.45, 2.75) is 6.54 Å². The molecule has 0 spiro atoms. The van der Waals surface area contributed by atoms with Gasteiger partial charge in [0.15, 0.2) is 0 Å². The molecule has 0 N–H and O–H groups in total. The van der Waals surface area contributed by atoms with Crippen molar-refractivity contribution in [3.63, 3.8) is 0 Å². The largest absolute Gasteiger partial charge is 0.304 e. The van der Waals surface area contributed by atoms with Gasteiger partial charge in [-0.2, -0.15) is 0 Å². The van der Waals surface area contributed by atoms with Gasteiger partial charge in [-0.25, -0.2) is 0 Å². The zero-order chi connectivity index (χ0) is 11.8. The molecule has 2 aromatic carbocycles. The van der Waals surface area contributed by atoms with Crippen LogP contribution < -0.4 is 4.90 Å². The molecule has 0 fully saturated rings. The van der Waals surface area contributed by atoms with Crippen molar-refractivity contribution in [2.24, 2.45) is 0 Å². The summed E-state index contributed by atoms with van der Waals surface area (Å²) in [5.74, 6) is 0.0219. The van der Waals surface area contributed by atoms with E-state index in [1.807, 2.05) is 42.5 Å². The Morgan fingerprint density at radius 3 is 2.59 bits per heavy atom. The summed E-state index contributed by atoms with van der Waals surface area (Å²) >= 11 is 5.91. The van der Waals surface area contributed by atoms with Crippen LogP contribution in [-0.2, 0) is 6.54 Å². The summed E-state index contributed by atoms with van der Waals surface area (Å²) in [6.45, 7) is 0.620. The molecule has 1 aliphatic rings. The Bertz CT molecular complexity index is 580. The number of para-hydroxylation sites is 1. The first-order valence-corrected chi connectivity index (χ1v) is 5.79. The first-order chi connectivity index (χ1) is 8.25. The number of carbonyl (C=O) groups excluding carboxylic acids is 1. The molecule has 2 nitrogen and oxygen atoms in total. The molecular formula is C14H10ClNO. The van der Waals surface area contributed by atoms with Crippen LogP contribution in [0.25, 0.3) is 0 Å². The quantitative estimate of drug-likeness (QED) is 0.751. The van der Waals surface area contributed by atoms with E-state index in [1.165, 1.54) is 0 Å². The van der Waals surface area contributed by atoms with Crippen LogP contribution in [0.5, 0.6) is 0 Å². The molecule has 0 radical (unpaired) electrons. The van der Waals surface area contributed by atoms with Crippen LogP contribution in [0.15, 0.2) is 48.5 Å². The van der Waals surface area contributed by atoms with E-state index in [1.54, 1.807) is 11.0 Å². The van der Waals surface area contributed by atoms with E-state index >= 15 is 0 Å². The monoisotopic (exact) mass is 243 g/mol. The van der Waals surface area contributed by atoms with Crippen molar-refractivity contribution in [2.75, 3.05) is 4.90 Å². The number of anilines is 1. The third-order valence-corrected chi connectivity index (χ3v) is 3.18. The summed E-state index contributed by atoms with van der Waals surface area (Å²) in [6, 6.07) is 15.1. The fourth-order valence-corrected chi connectivity index (χ4v) is 2.26. The molecule has 1 amide bonds. The summed E-state index contributed by atoms with van der Waals surface area (Å²) in [7, 11) is 0. The Kier molecular flexibility index (Phi) is 2.37. The molecule has 3 rings (SSSR count). The van der Waals surface area contributed by atoms with E-state index in [0.717, 1.165) is 11.3 Å². The molecule has 3 heteroatoms. The van der Waals surface area contributed by atoms with E-state index in [9.17, 15) is 4.79 Å². The normalized spacial score (nSPS) is 13.9. The Morgan fingerprint density at radius 1 is 1.06 bits per heavy atom. The SMILES string of the molecule is O=C1c2cc(Cl)ccc2CN1c1ccccc1. The van der Waals surface area contributed by atoms with Crippen molar-refractivity contribution in [3.05, 3.63) is 64.7 Å². The minimum absolute atomic E-state index is 0.0219. The fraction of sp³-hybridized carbons (Fsp3) is 0.0714. The molecular weight excluding hydrogens is 234 g/mol. The van der Waals surface area contributed by atoms with Gasteiger partial charge in [-0.15, -0.1) is 0 Å². The molecule has 0 aliphatic carbocycles. The maximum Gasteiger partial charge on any atom is 0.258 e. The molecule has 0 bridgehead atoms.